The number of benzene rings is 2. The maximum atomic E-state index is 14.0. The summed E-state index contributed by atoms with van der Waals surface area (Å²) < 4.78 is 0. The van der Waals surface area contributed by atoms with E-state index in [0.29, 0.717) is 24.5 Å². The minimum Gasteiger partial charge on any atom is -0.465 e. The van der Waals surface area contributed by atoms with E-state index in [1.165, 1.54) is 12.7 Å². The number of carbonyl (C=O) groups excluding carboxylic acids is 2. The van der Waals surface area contributed by atoms with Crippen molar-refractivity contribution in [2.24, 2.45) is 17.8 Å². The summed E-state index contributed by atoms with van der Waals surface area (Å²) in [5, 5.41) is 31.2. The second-order valence-electron chi connectivity index (χ2n) is 13.0. The largest absolute Gasteiger partial charge is 0.465 e. The van der Waals surface area contributed by atoms with Crippen LogP contribution in [0.4, 0.5) is 4.79 Å². The highest BCUT2D eigenvalue weighted by molar-refractivity contribution is 5.92. The maximum absolute atomic E-state index is 14.0. The van der Waals surface area contributed by atoms with Gasteiger partial charge >= 0.3 is 6.09 Å². The molecule has 1 saturated carbocycles. The van der Waals surface area contributed by atoms with Gasteiger partial charge in [-0.05, 0) is 46.9 Å². The Morgan fingerprint density at radius 3 is 2.35 bits per heavy atom. The monoisotopic (exact) mass is 631 g/mol. The predicted octanol–water partition coefficient (Wildman–Crippen LogP) is 5.13. The summed E-state index contributed by atoms with van der Waals surface area (Å²) >= 11 is 0. The lowest BCUT2D eigenvalue weighted by molar-refractivity contribution is -0.131. The molecule has 4 rings (SSSR count). The molecule has 46 heavy (non-hydrogen) atoms. The van der Waals surface area contributed by atoms with E-state index in [4.69, 9.17) is 0 Å². The summed E-state index contributed by atoms with van der Waals surface area (Å²) in [6.45, 7) is 8.13. The lowest BCUT2D eigenvalue weighted by atomic mass is 9.81. The van der Waals surface area contributed by atoms with Gasteiger partial charge < -0.3 is 31.1 Å². The van der Waals surface area contributed by atoms with Crippen molar-refractivity contribution in [2.45, 2.75) is 95.9 Å². The van der Waals surface area contributed by atoms with Crippen LogP contribution < -0.4 is 16.0 Å². The van der Waals surface area contributed by atoms with Crippen molar-refractivity contribution in [1.29, 1.82) is 0 Å². The third-order valence-corrected chi connectivity index (χ3v) is 9.30. The van der Waals surface area contributed by atoms with Crippen LogP contribution in [0.5, 0.6) is 0 Å². The van der Waals surface area contributed by atoms with Crippen molar-refractivity contribution in [3.8, 4) is 0 Å². The summed E-state index contributed by atoms with van der Waals surface area (Å²) in [4.78, 5) is 46.7. The Bertz CT molecular complexity index is 1430. The van der Waals surface area contributed by atoms with Crippen molar-refractivity contribution in [3.63, 3.8) is 0 Å². The van der Waals surface area contributed by atoms with Crippen LogP contribution in [0.1, 0.15) is 70.1 Å². The molecule has 6 N–H and O–H groups in total. The number of fused-ring (bicyclic) bond motifs is 1. The van der Waals surface area contributed by atoms with E-state index in [-0.39, 0.29) is 24.7 Å². The second kappa shape index (κ2) is 16.9. The third kappa shape index (κ3) is 9.91. The van der Waals surface area contributed by atoms with Crippen molar-refractivity contribution < 1.29 is 24.6 Å². The van der Waals surface area contributed by atoms with Gasteiger partial charge in [-0.15, -0.1) is 6.58 Å². The highest BCUT2D eigenvalue weighted by Gasteiger charge is 2.33. The molecular weight excluding hydrogens is 582 g/mol. The Balaban J connectivity index is 1.56. The third-order valence-electron chi connectivity index (χ3n) is 9.30. The van der Waals surface area contributed by atoms with Crippen LogP contribution in [0.15, 0.2) is 67.6 Å². The van der Waals surface area contributed by atoms with Gasteiger partial charge in [0.2, 0.25) is 11.8 Å². The van der Waals surface area contributed by atoms with Crippen molar-refractivity contribution in [3.05, 3.63) is 78.9 Å². The zero-order valence-electron chi connectivity index (χ0n) is 27.0. The minimum absolute atomic E-state index is 0.0808. The molecule has 0 unspecified atom stereocenters. The quantitative estimate of drug-likeness (QED) is 0.120. The lowest BCUT2D eigenvalue weighted by Gasteiger charge is -2.33. The number of allylic oxidation sites excluding steroid dienone is 1. The number of hydrogen-bond donors (Lipinski definition) is 6. The van der Waals surface area contributed by atoms with Crippen LogP contribution in [-0.4, -0.2) is 62.3 Å². The highest BCUT2D eigenvalue weighted by Crippen LogP contribution is 2.30. The van der Waals surface area contributed by atoms with E-state index < -0.39 is 42.1 Å². The Morgan fingerprint density at radius 1 is 0.978 bits per heavy atom. The number of aromatic nitrogens is 2. The average molecular weight is 632 g/mol. The summed E-state index contributed by atoms with van der Waals surface area (Å²) in [6, 6.07) is 10.7. The summed E-state index contributed by atoms with van der Waals surface area (Å²) in [6.07, 6.45) is 9.73. The smallest absolute Gasteiger partial charge is 0.405 e. The van der Waals surface area contributed by atoms with Crippen LogP contribution in [0.2, 0.25) is 0 Å². The molecule has 2 aromatic carbocycles. The topological polar surface area (TPSA) is 156 Å². The molecule has 0 radical (unpaired) electrons. The van der Waals surface area contributed by atoms with E-state index in [1.807, 2.05) is 48.5 Å². The molecular formula is C36H49N5O5. The van der Waals surface area contributed by atoms with Gasteiger partial charge in [0.25, 0.3) is 0 Å². The first-order chi connectivity index (χ1) is 22.1. The van der Waals surface area contributed by atoms with Crippen molar-refractivity contribution in [2.75, 3.05) is 0 Å². The molecule has 1 aliphatic rings. The molecule has 3 amide bonds. The van der Waals surface area contributed by atoms with Gasteiger partial charge in [-0.25, -0.2) is 9.78 Å². The number of H-pyrrole nitrogens is 1. The van der Waals surface area contributed by atoms with Gasteiger partial charge in [0, 0.05) is 19.0 Å². The number of nitrogens with zero attached hydrogens (tertiary/aromatic N) is 1. The molecule has 0 spiro atoms. The Morgan fingerprint density at radius 2 is 1.67 bits per heavy atom. The number of imidazole rings is 1. The lowest BCUT2D eigenvalue weighted by Crippen LogP contribution is -2.57. The second-order valence-corrected chi connectivity index (χ2v) is 13.0. The normalized spacial score (nSPS) is 17.0. The molecule has 10 nitrogen and oxygen atoms in total. The standard InChI is InChI=1S/C36H49N5O5/c1-4-25(23(2)3)19-33(42)30(17-24-11-6-5-7-12-24)39-35(44)32(20-28-21-37-22-38-28)40-34(43)31(41-36(45)46)18-27-15-10-14-26-13-8-9-16-29(26)27/h4,8-10,13-16,21-25,30-33,41-42H,1,5-7,11-12,17-20H2,2-3H3,(H,37,38)(H,39,44)(H,40,43)(H,45,46)/t25-,30-,31-,32-,33-/m0/s1. The van der Waals surface area contributed by atoms with Gasteiger partial charge in [-0.2, -0.15) is 0 Å². The Hall–Kier alpha value is -4.18. The molecule has 1 heterocycles. The van der Waals surface area contributed by atoms with E-state index in [9.17, 15) is 24.6 Å². The molecule has 1 fully saturated rings. The number of aromatic amines is 1. The average Bonchev–Trinajstić information content (AvgIpc) is 3.56. The van der Waals surface area contributed by atoms with E-state index in [1.54, 1.807) is 6.20 Å². The molecule has 1 aliphatic carbocycles. The molecule has 248 valence electrons. The van der Waals surface area contributed by atoms with Gasteiger partial charge in [0.05, 0.1) is 24.2 Å². The first-order valence-corrected chi connectivity index (χ1v) is 16.5. The van der Waals surface area contributed by atoms with Gasteiger partial charge in [0.15, 0.2) is 0 Å². The molecule has 1 aromatic heterocycles. The first kappa shape index (κ1) is 34.7. The molecule has 10 heteroatoms. The van der Waals surface area contributed by atoms with Gasteiger partial charge in [-0.3, -0.25) is 9.59 Å². The molecule has 0 saturated heterocycles. The van der Waals surface area contributed by atoms with E-state index >= 15 is 0 Å². The number of hydrogen-bond acceptors (Lipinski definition) is 5. The van der Waals surface area contributed by atoms with Crippen LogP contribution in [0.3, 0.4) is 0 Å². The molecule has 0 aliphatic heterocycles. The van der Waals surface area contributed by atoms with Crippen molar-refractivity contribution in [1.82, 2.24) is 25.9 Å². The van der Waals surface area contributed by atoms with E-state index in [0.717, 1.165) is 42.0 Å². The number of carbonyl (C=O) groups is 3. The van der Waals surface area contributed by atoms with Crippen molar-refractivity contribution >= 4 is 28.7 Å². The van der Waals surface area contributed by atoms with Crippen LogP contribution >= 0.6 is 0 Å². The minimum atomic E-state index is -1.34. The number of amides is 3. The van der Waals surface area contributed by atoms with Crippen LogP contribution in [0, 0.1) is 17.8 Å². The zero-order chi connectivity index (χ0) is 33.1. The number of rotatable bonds is 16. The SMILES string of the molecule is C=C[C@@H](C[C@H](O)[C@H](CC1CCCCC1)NC(=O)[C@H](Cc1c[nH]cn1)NC(=O)[C@H](Cc1cccc2ccccc12)NC(=O)O)C(C)C. The summed E-state index contributed by atoms with van der Waals surface area (Å²) in [5.74, 6) is -0.321. The van der Waals surface area contributed by atoms with Gasteiger partial charge in [0.1, 0.15) is 12.1 Å². The fraction of sp³-hybridized carbons (Fsp3) is 0.500. The molecule has 3 aromatic rings. The van der Waals surface area contributed by atoms with Crippen LogP contribution in [0.25, 0.3) is 10.8 Å². The number of nitrogens with one attached hydrogen (secondary N) is 4. The maximum Gasteiger partial charge on any atom is 0.405 e. The van der Waals surface area contributed by atoms with Gasteiger partial charge in [-0.1, -0.05) is 94.5 Å². The fourth-order valence-electron chi connectivity index (χ4n) is 6.60. The van der Waals surface area contributed by atoms with Crippen LogP contribution in [-0.2, 0) is 22.4 Å². The molecule has 0 bridgehead atoms. The highest BCUT2D eigenvalue weighted by atomic mass is 16.4. The number of aliphatic hydroxyl groups is 1. The number of aliphatic hydroxyl groups excluding tert-OH is 1. The summed E-state index contributed by atoms with van der Waals surface area (Å²) in [7, 11) is 0. The predicted molar refractivity (Wildman–Crippen MR) is 179 cm³/mol. The fourth-order valence-corrected chi connectivity index (χ4v) is 6.60. The first-order valence-electron chi connectivity index (χ1n) is 16.5. The Labute approximate surface area is 271 Å². The molecule has 5 atom stereocenters. The zero-order valence-corrected chi connectivity index (χ0v) is 27.0. The number of carboxylic acid groups (broad SMARTS) is 1. The summed E-state index contributed by atoms with van der Waals surface area (Å²) in [5.41, 5.74) is 1.37. The Kier molecular flexibility index (Phi) is 12.8. The van der Waals surface area contributed by atoms with E-state index in [2.05, 4.69) is 46.3 Å².